The third-order valence-electron chi connectivity index (χ3n) is 4.65. The van der Waals surface area contributed by atoms with Crippen LogP contribution in [0.1, 0.15) is 54.9 Å². The minimum absolute atomic E-state index is 0.0167. The van der Waals surface area contributed by atoms with Gasteiger partial charge in [0.25, 0.3) is 5.91 Å². The number of carbonyl (C=O) groups is 2. The van der Waals surface area contributed by atoms with Crippen LogP contribution in [0.5, 0.6) is 0 Å². The fourth-order valence-corrected chi connectivity index (χ4v) is 3.35. The molecular formula is C18H25N3O2. The topological polar surface area (TPSA) is 61.4 Å². The molecule has 1 fully saturated rings. The molecule has 3 rings (SSSR count). The van der Waals surface area contributed by atoms with Crippen molar-refractivity contribution in [2.45, 2.75) is 51.6 Å². The monoisotopic (exact) mass is 315 g/mol. The number of carbonyl (C=O) groups excluding carboxylic acids is 2. The first-order chi connectivity index (χ1) is 11.1. The van der Waals surface area contributed by atoms with E-state index in [0.29, 0.717) is 13.0 Å². The highest BCUT2D eigenvalue weighted by molar-refractivity contribution is 5.99. The molecule has 0 radical (unpaired) electrons. The van der Waals surface area contributed by atoms with E-state index in [-0.39, 0.29) is 17.9 Å². The van der Waals surface area contributed by atoms with Crippen molar-refractivity contribution in [3.63, 3.8) is 0 Å². The van der Waals surface area contributed by atoms with Crippen molar-refractivity contribution in [3.8, 4) is 0 Å². The van der Waals surface area contributed by atoms with Gasteiger partial charge in [-0.3, -0.25) is 9.59 Å². The Bertz CT molecular complexity index is 592. The molecule has 2 heterocycles. The van der Waals surface area contributed by atoms with E-state index in [1.807, 2.05) is 30.0 Å². The van der Waals surface area contributed by atoms with Gasteiger partial charge in [0.05, 0.1) is 0 Å². The van der Waals surface area contributed by atoms with E-state index in [1.54, 1.807) is 0 Å². The van der Waals surface area contributed by atoms with Gasteiger partial charge < -0.3 is 15.5 Å². The summed E-state index contributed by atoms with van der Waals surface area (Å²) >= 11 is 0. The van der Waals surface area contributed by atoms with Crippen LogP contribution in [0.15, 0.2) is 18.2 Å². The number of fused-ring (bicyclic) bond motifs is 1. The molecule has 5 heteroatoms. The van der Waals surface area contributed by atoms with Gasteiger partial charge in [0, 0.05) is 43.3 Å². The summed E-state index contributed by atoms with van der Waals surface area (Å²) < 4.78 is 0. The summed E-state index contributed by atoms with van der Waals surface area (Å²) in [5, 5.41) is 6.17. The van der Waals surface area contributed by atoms with E-state index in [0.717, 1.165) is 42.7 Å². The summed E-state index contributed by atoms with van der Waals surface area (Å²) in [6, 6.07) is 5.88. The van der Waals surface area contributed by atoms with Crippen molar-refractivity contribution in [1.29, 1.82) is 0 Å². The molecule has 2 aliphatic rings. The minimum Gasteiger partial charge on any atom is -0.382 e. The summed E-state index contributed by atoms with van der Waals surface area (Å²) in [6.07, 6.45) is 5.19. The smallest absolute Gasteiger partial charge is 0.251 e. The van der Waals surface area contributed by atoms with Gasteiger partial charge in [0.2, 0.25) is 5.91 Å². The van der Waals surface area contributed by atoms with E-state index in [4.69, 9.17) is 0 Å². The maximum Gasteiger partial charge on any atom is 0.251 e. The van der Waals surface area contributed by atoms with Crippen molar-refractivity contribution >= 4 is 17.5 Å². The molecule has 0 aliphatic carbocycles. The lowest BCUT2D eigenvalue weighted by atomic mass is 10.1. The molecule has 2 aliphatic heterocycles. The lowest BCUT2D eigenvalue weighted by Gasteiger charge is -2.23. The van der Waals surface area contributed by atoms with E-state index in [1.165, 1.54) is 12.8 Å². The van der Waals surface area contributed by atoms with Gasteiger partial charge >= 0.3 is 0 Å². The van der Waals surface area contributed by atoms with Crippen LogP contribution in [0.25, 0.3) is 0 Å². The molecule has 0 bridgehead atoms. The molecule has 0 aromatic heterocycles. The van der Waals surface area contributed by atoms with Gasteiger partial charge in [-0.1, -0.05) is 18.9 Å². The number of anilines is 1. The summed E-state index contributed by atoms with van der Waals surface area (Å²) in [5.74, 6) is 0.211. The number of nitrogens with one attached hydrogen (secondary N) is 2. The zero-order valence-corrected chi connectivity index (χ0v) is 13.7. The average Bonchev–Trinajstić information content (AvgIpc) is 2.76. The number of benzene rings is 1. The Balaban J connectivity index is 1.56. The van der Waals surface area contributed by atoms with Crippen LogP contribution in [-0.2, 0) is 11.3 Å². The van der Waals surface area contributed by atoms with E-state index >= 15 is 0 Å². The first-order valence-corrected chi connectivity index (χ1v) is 8.59. The van der Waals surface area contributed by atoms with Crippen LogP contribution in [-0.4, -0.2) is 35.8 Å². The Hall–Kier alpha value is -2.04. The zero-order chi connectivity index (χ0) is 16.2. The lowest BCUT2D eigenvalue weighted by Crippen LogP contribution is -2.35. The molecule has 2 N–H and O–H groups in total. The number of rotatable bonds is 4. The molecule has 124 valence electrons. The standard InChI is InChI=1S/C18H25N3O2/c1-13(10-17(22)21-8-4-2-3-5-9-21)20-15-7-6-14-12-19-18(23)16(14)11-15/h6-7,11,13,20H,2-5,8-10,12H2,1H3,(H,19,23)/t13-/m1/s1. The molecule has 23 heavy (non-hydrogen) atoms. The average molecular weight is 315 g/mol. The first kappa shape index (κ1) is 15.8. The number of hydrogen-bond donors (Lipinski definition) is 2. The van der Waals surface area contributed by atoms with Gasteiger partial charge in [-0.2, -0.15) is 0 Å². The zero-order valence-electron chi connectivity index (χ0n) is 13.7. The molecule has 2 amide bonds. The second-order valence-electron chi connectivity index (χ2n) is 6.60. The molecular weight excluding hydrogens is 290 g/mol. The van der Waals surface area contributed by atoms with Crippen LogP contribution in [0, 0.1) is 0 Å². The molecule has 1 aromatic rings. The van der Waals surface area contributed by atoms with Crippen molar-refractivity contribution in [3.05, 3.63) is 29.3 Å². The van der Waals surface area contributed by atoms with Gasteiger partial charge in [-0.25, -0.2) is 0 Å². The van der Waals surface area contributed by atoms with E-state index < -0.39 is 0 Å². The Kier molecular flexibility index (Phi) is 4.84. The predicted molar refractivity (Wildman–Crippen MR) is 90.4 cm³/mol. The highest BCUT2D eigenvalue weighted by atomic mass is 16.2. The van der Waals surface area contributed by atoms with Crippen LogP contribution >= 0.6 is 0 Å². The molecule has 1 atom stereocenters. The van der Waals surface area contributed by atoms with Crippen LogP contribution in [0.2, 0.25) is 0 Å². The Morgan fingerprint density at radius 1 is 1.26 bits per heavy atom. The summed E-state index contributed by atoms with van der Waals surface area (Å²) in [6.45, 7) is 4.41. The quantitative estimate of drug-likeness (QED) is 0.897. The normalized spacial score (nSPS) is 18.8. The molecule has 0 saturated carbocycles. The maximum absolute atomic E-state index is 12.4. The Labute approximate surface area is 137 Å². The minimum atomic E-state index is -0.0167. The second kappa shape index (κ2) is 7.02. The number of amides is 2. The fraction of sp³-hybridized carbons (Fsp3) is 0.556. The number of hydrogen-bond acceptors (Lipinski definition) is 3. The van der Waals surface area contributed by atoms with Crippen LogP contribution in [0.4, 0.5) is 5.69 Å². The predicted octanol–water partition coefficient (Wildman–Crippen LogP) is 2.52. The van der Waals surface area contributed by atoms with Crippen molar-refractivity contribution in [2.24, 2.45) is 0 Å². The maximum atomic E-state index is 12.4. The van der Waals surface area contributed by atoms with Crippen molar-refractivity contribution in [1.82, 2.24) is 10.2 Å². The number of likely N-dealkylation sites (tertiary alicyclic amines) is 1. The van der Waals surface area contributed by atoms with Gasteiger partial charge in [-0.05, 0) is 37.5 Å². The lowest BCUT2D eigenvalue weighted by molar-refractivity contribution is -0.131. The van der Waals surface area contributed by atoms with Gasteiger partial charge in [0.1, 0.15) is 0 Å². The van der Waals surface area contributed by atoms with Crippen LogP contribution < -0.4 is 10.6 Å². The SMILES string of the molecule is C[C@H](CC(=O)N1CCCCCC1)Nc1ccc2c(c1)C(=O)NC2. The van der Waals surface area contributed by atoms with Gasteiger partial charge in [0.15, 0.2) is 0 Å². The van der Waals surface area contributed by atoms with Crippen molar-refractivity contribution in [2.75, 3.05) is 18.4 Å². The molecule has 0 unspecified atom stereocenters. The van der Waals surface area contributed by atoms with Crippen molar-refractivity contribution < 1.29 is 9.59 Å². The molecule has 1 aromatic carbocycles. The highest BCUT2D eigenvalue weighted by Gasteiger charge is 2.20. The largest absolute Gasteiger partial charge is 0.382 e. The number of nitrogens with zero attached hydrogens (tertiary/aromatic N) is 1. The Morgan fingerprint density at radius 3 is 2.74 bits per heavy atom. The summed E-state index contributed by atoms with van der Waals surface area (Å²) in [4.78, 5) is 26.1. The highest BCUT2D eigenvalue weighted by Crippen LogP contribution is 2.21. The fourth-order valence-electron chi connectivity index (χ4n) is 3.35. The molecule has 5 nitrogen and oxygen atoms in total. The van der Waals surface area contributed by atoms with Crippen LogP contribution in [0.3, 0.4) is 0 Å². The van der Waals surface area contributed by atoms with E-state index in [2.05, 4.69) is 10.6 Å². The van der Waals surface area contributed by atoms with Gasteiger partial charge in [-0.15, -0.1) is 0 Å². The third kappa shape index (κ3) is 3.84. The Morgan fingerprint density at radius 2 is 2.00 bits per heavy atom. The summed E-state index contributed by atoms with van der Waals surface area (Å²) in [5.41, 5.74) is 2.67. The first-order valence-electron chi connectivity index (χ1n) is 8.59. The third-order valence-corrected chi connectivity index (χ3v) is 4.65. The van der Waals surface area contributed by atoms with E-state index in [9.17, 15) is 9.59 Å². The summed E-state index contributed by atoms with van der Waals surface area (Å²) in [7, 11) is 0. The molecule has 1 saturated heterocycles. The molecule has 0 spiro atoms. The second-order valence-corrected chi connectivity index (χ2v) is 6.60.